The molecule has 0 unspecified atom stereocenters. The van der Waals surface area contributed by atoms with E-state index in [0.29, 0.717) is 37.9 Å². The van der Waals surface area contributed by atoms with Crippen LogP contribution in [0.25, 0.3) is 10.8 Å². The van der Waals surface area contributed by atoms with E-state index in [9.17, 15) is 15.2 Å². The van der Waals surface area contributed by atoms with E-state index in [0.717, 1.165) is 11.3 Å². The van der Waals surface area contributed by atoms with Gasteiger partial charge in [0.2, 0.25) is 0 Å². The number of hydrogen-bond donors (Lipinski definition) is 8. The molecule has 0 fully saturated rings. The second-order valence-electron chi connectivity index (χ2n) is 10.7. The Hall–Kier alpha value is -5.34. The summed E-state index contributed by atoms with van der Waals surface area (Å²) >= 11 is 8.67. The first-order valence-electron chi connectivity index (χ1n) is 14.0. The molecular weight excluding hydrogens is 637 g/mol. The number of hydrogen-bond acceptors (Lipinski definition) is 13. The van der Waals surface area contributed by atoms with Crippen LogP contribution in [0.5, 0.6) is 11.5 Å². The molecule has 5 aromatic carbocycles. The zero-order valence-corrected chi connectivity index (χ0v) is 28.4. The highest BCUT2D eigenvalue weighted by Gasteiger charge is 2.18. The predicted molar refractivity (Wildman–Crippen MR) is 198 cm³/mol. The summed E-state index contributed by atoms with van der Waals surface area (Å²) in [6, 6.07) is 17.3. The Morgan fingerprint density at radius 1 is 0.766 bits per heavy atom. The SMILES string of the molecule is COc1cc(N)c(C)cc1N.Cc1cc(C)cc(N)c1.Cc1ccc(N=Nc2c(S)cc3c(S)cc(N)c(N)c3c2O)c([N+](=O)[O-])c1. The maximum atomic E-state index is 11.2. The van der Waals surface area contributed by atoms with Gasteiger partial charge in [-0.3, -0.25) is 10.1 Å². The quantitative estimate of drug-likeness (QED) is 0.0303. The lowest BCUT2D eigenvalue weighted by Crippen LogP contribution is -1.97. The maximum Gasteiger partial charge on any atom is 0.296 e. The molecule has 0 bridgehead atoms. The Bertz CT molecular complexity index is 1950. The molecular formula is C33H38N8O4S2. The third-order valence-corrected chi connectivity index (χ3v) is 7.56. The van der Waals surface area contributed by atoms with E-state index in [1.54, 1.807) is 44.4 Å². The number of anilines is 5. The lowest BCUT2D eigenvalue weighted by Gasteiger charge is -2.12. The standard InChI is InChI=1S/C17H15N5O3S2.C8H12N2O.C8H11N/c1-7-2-3-10(11(4-7)22(24)25)20-21-16-13(27)5-8-12(26)6-9(18)15(19)14(8)17(16)23;1-5-3-7(10)8(11-2)4-6(5)9;1-6-3-7(2)5-8(9)4-6/h2-6,23,26-27H,18-19H2,1H3;3-4H,9-10H2,1-2H3;3-5H,9H2,1-2H3. The molecule has 0 amide bonds. The molecule has 14 heteroatoms. The molecule has 0 heterocycles. The monoisotopic (exact) mass is 674 g/mol. The first-order valence-corrected chi connectivity index (χ1v) is 14.9. The molecule has 0 aliphatic heterocycles. The highest BCUT2D eigenvalue weighted by Crippen LogP contribution is 2.46. The van der Waals surface area contributed by atoms with Gasteiger partial charge in [0.05, 0.1) is 34.5 Å². The summed E-state index contributed by atoms with van der Waals surface area (Å²) in [5, 5.41) is 30.6. The number of nitro groups is 1. The Morgan fingerprint density at radius 3 is 1.98 bits per heavy atom. The van der Waals surface area contributed by atoms with Gasteiger partial charge < -0.3 is 38.5 Å². The maximum absolute atomic E-state index is 11.2. The van der Waals surface area contributed by atoms with Gasteiger partial charge in [-0.2, -0.15) is 0 Å². The van der Waals surface area contributed by atoms with Crippen molar-refractivity contribution in [1.82, 2.24) is 0 Å². The van der Waals surface area contributed by atoms with Gasteiger partial charge in [0.1, 0.15) is 11.4 Å². The fraction of sp³-hybridized carbons (Fsp3) is 0.152. The number of ether oxygens (including phenoxy) is 1. The number of methoxy groups -OCH3 is 1. The van der Waals surface area contributed by atoms with Crippen LogP contribution in [0, 0.1) is 37.8 Å². The molecule has 12 nitrogen and oxygen atoms in total. The lowest BCUT2D eigenvalue weighted by atomic mass is 10.1. The molecule has 0 spiro atoms. The van der Waals surface area contributed by atoms with Gasteiger partial charge in [-0.05, 0) is 86.3 Å². The molecule has 0 aliphatic carbocycles. The summed E-state index contributed by atoms with van der Waals surface area (Å²) in [5.41, 5.74) is 35.3. The summed E-state index contributed by atoms with van der Waals surface area (Å²) < 4.78 is 4.98. The average molecular weight is 675 g/mol. The first-order chi connectivity index (χ1) is 22.0. The second kappa shape index (κ2) is 15.3. The van der Waals surface area contributed by atoms with Crippen LogP contribution in [0.15, 0.2) is 80.7 Å². The number of phenols is 1. The van der Waals surface area contributed by atoms with Crippen LogP contribution in [0.2, 0.25) is 0 Å². The summed E-state index contributed by atoms with van der Waals surface area (Å²) in [5.74, 6) is 0.351. The van der Waals surface area contributed by atoms with Crippen molar-refractivity contribution in [1.29, 1.82) is 0 Å². The number of rotatable bonds is 4. The molecule has 0 saturated heterocycles. The van der Waals surface area contributed by atoms with E-state index in [-0.39, 0.29) is 39.6 Å². The number of nitro benzene ring substituents is 1. The van der Waals surface area contributed by atoms with Crippen molar-refractivity contribution in [2.24, 2.45) is 10.2 Å². The number of phenolic OH excluding ortho intramolecular Hbond substituents is 1. The number of fused-ring (bicyclic) bond motifs is 1. The van der Waals surface area contributed by atoms with Crippen molar-refractivity contribution < 1.29 is 14.8 Å². The van der Waals surface area contributed by atoms with Crippen LogP contribution >= 0.6 is 25.3 Å². The fourth-order valence-electron chi connectivity index (χ4n) is 4.55. The van der Waals surface area contributed by atoms with Gasteiger partial charge in [0.15, 0.2) is 11.4 Å². The van der Waals surface area contributed by atoms with Crippen molar-refractivity contribution in [2.45, 2.75) is 37.5 Å². The Kier molecular flexibility index (Phi) is 11.8. The van der Waals surface area contributed by atoms with Crippen molar-refractivity contribution in [3.05, 3.63) is 93.0 Å². The van der Waals surface area contributed by atoms with Gasteiger partial charge in [-0.1, -0.05) is 12.1 Å². The van der Waals surface area contributed by atoms with Crippen LogP contribution < -0.4 is 33.4 Å². The number of nitrogens with zero attached hydrogens (tertiary/aromatic N) is 3. The summed E-state index contributed by atoms with van der Waals surface area (Å²) in [6.45, 7) is 7.73. The van der Waals surface area contributed by atoms with Crippen LogP contribution in [-0.2, 0) is 0 Å². The fourth-order valence-corrected chi connectivity index (χ4v) is 5.14. The van der Waals surface area contributed by atoms with Crippen molar-refractivity contribution in [3.63, 3.8) is 0 Å². The largest absolute Gasteiger partial charge is 0.505 e. The van der Waals surface area contributed by atoms with Crippen molar-refractivity contribution >= 4 is 81.5 Å². The topological polar surface area (TPSA) is 227 Å². The second-order valence-corrected chi connectivity index (χ2v) is 11.7. The molecule has 0 aliphatic rings. The third kappa shape index (κ3) is 8.89. The first kappa shape index (κ1) is 36.1. The number of aryl methyl sites for hydroxylation is 4. The minimum atomic E-state index is -0.547. The molecule has 0 aromatic heterocycles. The van der Waals surface area contributed by atoms with E-state index in [1.165, 1.54) is 23.3 Å². The van der Waals surface area contributed by atoms with Crippen molar-refractivity contribution in [3.8, 4) is 11.5 Å². The van der Waals surface area contributed by atoms with Crippen molar-refractivity contribution in [2.75, 3.05) is 35.8 Å². The molecule has 5 rings (SSSR count). The number of thiol groups is 2. The van der Waals surface area contributed by atoms with Crippen LogP contribution in [0.1, 0.15) is 22.3 Å². The normalized spacial score (nSPS) is 10.6. The third-order valence-electron chi connectivity index (χ3n) is 6.85. The summed E-state index contributed by atoms with van der Waals surface area (Å²) in [4.78, 5) is 11.5. The summed E-state index contributed by atoms with van der Waals surface area (Å²) in [6.07, 6.45) is 0. The van der Waals surface area contributed by atoms with E-state index >= 15 is 0 Å². The van der Waals surface area contributed by atoms with E-state index in [4.69, 9.17) is 33.4 Å². The van der Waals surface area contributed by atoms with E-state index in [1.807, 2.05) is 32.9 Å². The zero-order valence-electron chi connectivity index (χ0n) is 26.6. The number of nitrogens with two attached hydrogens (primary N) is 5. The van der Waals surface area contributed by atoms with Gasteiger partial charge >= 0.3 is 0 Å². The molecule has 0 saturated carbocycles. The number of nitrogen functional groups attached to an aromatic ring is 5. The minimum Gasteiger partial charge on any atom is -0.505 e. The van der Waals surface area contributed by atoms with Gasteiger partial charge in [-0.15, -0.1) is 35.5 Å². The Balaban J connectivity index is 0.000000244. The Labute approximate surface area is 283 Å². The molecule has 5 aromatic rings. The molecule has 246 valence electrons. The average Bonchev–Trinajstić information content (AvgIpc) is 2.98. The molecule has 0 radical (unpaired) electrons. The van der Waals surface area contributed by atoms with E-state index in [2.05, 4.69) is 41.6 Å². The van der Waals surface area contributed by atoms with Gasteiger partial charge in [0.25, 0.3) is 5.69 Å². The Morgan fingerprint density at radius 2 is 1.40 bits per heavy atom. The predicted octanol–water partition coefficient (Wildman–Crippen LogP) is 7.97. The molecule has 47 heavy (non-hydrogen) atoms. The lowest BCUT2D eigenvalue weighted by molar-refractivity contribution is -0.384. The summed E-state index contributed by atoms with van der Waals surface area (Å²) in [7, 11) is 1.57. The van der Waals surface area contributed by atoms with E-state index < -0.39 is 4.92 Å². The van der Waals surface area contributed by atoms with Crippen LogP contribution in [-0.4, -0.2) is 17.1 Å². The highest BCUT2D eigenvalue weighted by atomic mass is 32.1. The highest BCUT2D eigenvalue weighted by molar-refractivity contribution is 7.80. The smallest absolute Gasteiger partial charge is 0.296 e. The molecule has 0 atom stereocenters. The van der Waals surface area contributed by atoms with Crippen LogP contribution in [0.3, 0.4) is 0 Å². The van der Waals surface area contributed by atoms with Gasteiger partial charge in [0, 0.05) is 38.7 Å². The number of aromatic hydroxyl groups is 1. The number of azo groups is 1. The minimum absolute atomic E-state index is 0.0192. The molecule has 11 N–H and O–H groups in total. The zero-order chi connectivity index (χ0) is 35.2. The van der Waals surface area contributed by atoms with Gasteiger partial charge in [-0.25, -0.2) is 0 Å². The number of benzene rings is 5. The van der Waals surface area contributed by atoms with Crippen LogP contribution in [0.4, 0.5) is 45.5 Å².